The van der Waals surface area contributed by atoms with Crippen LogP contribution in [0, 0.1) is 0 Å². The van der Waals surface area contributed by atoms with E-state index in [0.717, 1.165) is 12.8 Å². The topological polar surface area (TPSA) is 26.3 Å². The second-order valence-electron chi connectivity index (χ2n) is 2.37. The lowest BCUT2D eigenvalue weighted by Crippen LogP contribution is -1.87. The highest BCUT2D eigenvalue weighted by Crippen LogP contribution is 1.95. The van der Waals surface area contributed by atoms with Gasteiger partial charge in [0, 0.05) is 0 Å². The first-order valence-corrected chi connectivity index (χ1v) is 4.12. The minimum atomic E-state index is 0.486. The predicted octanol–water partition coefficient (Wildman–Crippen LogP) is 2.30. The van der Waals surface area contributed by atoms with E-state index in [0.29, 0.717) is 13.1 Å². The second-order valence-corrected chi connectivity index (χ2v) is 2.37. The molecular weight excluding hydrogens is 140 g/mol. The van der Waals surface area contributed by atoms with Crippen LogP contribution in [0.5, 0.6) is 0 Å². The molecule has 0 aliphatic carbocycles. The first-order valence-electron chi connectivity index (χ1n) is 4.12. The van der Waals surface area contributed by atoms with Gasteiger partial charge in [-0.3, -0.25) is 4.79 Å². The van der Waals surface area contributed by atoms with E-state index in [1.165, 1.54) is 12.8 Å². The molecule has 0 aromatic rings. The molecule has 0 aliphatic rings. The largest absolute Gasteiger partial charge is 0.468 e. The van der Waals surface area contributed by atoms with Crippen molar-refractivity contribution in [3.05, 3.63) is 12.2 Å². The van der Waals surface area contributed by atoms with Gasteiger partial charge in [0.05, 0.1) is 6.61 Å². The molecule has 0 spiro atoms. The second kappa shape index (κ2) is 9.21. The molecule has 0 N–H and O–H groups in total. The molecule has 0 aliphatic heterocycles. The molecule has 0 atom stereocenters. The van der Waals surface area contributed by atoms with Gasteiger partial charge in [-0.05, 0) is 12.8 Å². The Kier molecular flexibility index (Phi) is 8.55. The van der Waals surface area contributed by atoms with Gasteiger partial charge in [-0.1, -0.05) is 31.9 Å². The third-order valence-electron chi connectivity index (χ3n) is 1.36. The van der Waals surface area contributed by atoms with Crippen LogP contribution in [0.2, 0.25) is 0 Å². The highest BCUT2D eigenvalue weighted by Gasteiger charge is 1.80. The van der Waals surface area contributed by atoms with Crippen LogP contribution in [0.25, 0.3) is 0 Å². The third-order valence-corrected chi connectivity index (χ3v) is 1.36. The molecule has 0 radical (unpaired) electrons. The fourth-order valence-electron chi connectivity index (χ4n) is 0.742. The molecule has 2 nitrogen and oxygen atoms in total. The quantitative estimate of drug-likeness (QED) is 0.321. The zero-order valence-electron chi connectivity index (χ0n) is 7.08. The number of hydrogen-bond donors (Lipinski definition) is 0. The summed E-state index contributed by atoms with van der Waals surface area (Å²) in [6, 6.07) is 0. The number of rotatable bonds is 7. The molecule has 0 heterocycles. The van der Waals surface area contributed by atoms with Crippen molar-refractivity contribution >= 4 is 6.47 Å². The Labute approximate surface area is 68.2 Å². The molecule has 0 unspecified atom stereocenters. The van der Waals surface area contributed by atoms with E-state index >= 15 is 0 Å². The first kappa shape index (κ1) is 10.2. The molecule has 2 heteroatoms. The number of allylic oxidation sites excluding steroid dienone is 1. The maximum atomic E-state index is 9.69. The van der Waals surface area contributed by atoms with Crippen LogP contribution >= 0.6 is 0 Å². The van der Waals surface area contributed by atoms with Crippen LogP contribution in [-0.4, -0.2) is 13.1 Å². The normalized spacial score (nSPS) is 10.3. The molecule has 0 fully saturated rings. The summed E-state index contributed by atoms with van der Waals surface area (Å²) in [7, 11) is 0. The van der Waals surface area contributed by atoms with Crippen LogP contribution in [0.15, 0.2) is 12.2 Å². The van der Waals surface area contributed by atoms with Gasteiger partial charge < -0.3 is 4.74 Å². The molecule has 0 saturated heterocycles. The summed E-state index contributed by atoms with van der Waals surface area (Å²) >= 11 is 0. The van der Waals surface area contributed by atoms with Gasteiger partial charge in [-0.25, -0.2) is 0 Å². The first-order chi connectivity index (χ1) is 5.41. The molecule has 0 bridgehead atoms. The van der Waals surface area contributed by atoms with Crippen LogP contribution in [-0.2, 0) is 9.53 Å². The Morgan fingerprint density at radius 2 is 2.00 bits per heavy atom. The molecule has 0 rings (SSSR count). The van der Waals surface area contributed by atoms with Gasteiger partial charge >= 0.3 is 0 Å². The fraction of sp³-hybridized carbons (Fsp3) is 0.667. The fourth-order valence-corrected chi connectivity index (χ4v) is 0.742. The summed E-state index contributed by atoms with van der Waals surface area (Å²) in [5.41, 5.74) is 0. The van der Waals surface area contributed by atoms with Crippen LogP contribution in [0.3, 0.4) is 0 Å². The van der Waals surface area contributed by atoms with Gasteiger partial charge in [0.15, 0.2) is 0 Å². The summed E-state index contributed by atoms with van der Waals surface area (Å²) in [5, 5.41) is 0. The lowest BCUT2D eigenvalue weighted by Gasteiger charge is -1.91. The Hall–Kier alpha value is -0.790. The zero-order valence-corrected chi connectivity index (χ0v) is 7.08. The van der Waals surface area contributed by atoms with Gasteiger partial charge in [0.25, 0.3) is 6.47 Å². The van der Waals surface area contributed by atoms with Crippen molar-refractivity contribution in [1.29, 1.82) is 0 Å². The Balaban J connectivity index is 2.97. The van der Waals surface area contributed by atoms with E-state index in [2.05, 4.69) is 23.8 Å². The molecule has 0 aromatic heterocycles. The SMILES string of the molecule is CCCCC=CCCOC=O. The number of carbonyl (C=O) groups is 1. The van der Waals surface area contributed by atoms with Crippen molar-refractivity contribution < 1.29 is 9.53 Å². The maximum absolute atomic E-state index is 9.69. The van der Waals surface area contributed by atoms with Crippen molar-refractivity contribution in [2.45, 2.75) is 32.6 Å². The number of carbonyl (C=O) groups excluding carboxylic acids is 1. The van der Waals surface area contributed by atoms with Gasteiger partial charge in [0.1, 0.15) is 0 Å². The Bertz CT molecular complexity index is 108. The Morgan fingerprint density at radius 3 is 2.64 bits per heavy atom. The zero-order chi connectivity index (χ0) is 8.36. The molecule has 0 aromatic carbocycles. The van der Waals surface area contributed by atoms with Crippen molar-refractivity contribution in [2.24, 2.45) is 0 Å². The van der Waals surface area contributed by atoms with E-state index in [1.807, 2.05) is 0 Å². The molecule has 64 valence electrons. The minimum absolute atomic E-state index is 0.486. The van der Waals surface area contributed by atoms with Crippen LogP contribution < -0.4 is 0 Å². The average molecular weight is 156 g/mol. The van der Waals surface area contributed by atoms with E-state index in [1.54, 1.807) is 0 Å². The summed E-state index contributed by atoms with van der Waals surface area (Å²) in [6.45, 7) is 3.16. The number of ether oxygens (including phenoxy) is 1. The third kappa shape index (κ3) is 9.21. The summed E-state index contributed by atoms with van der Waals surface area (Å²) in [6.07, 6.45) is 8.64. The van der Waals surface area contributed by atoms with Crippen molar-refractivity contribution in [2.75, 3.05) is 6.61 Å². The van der Waals surface area contributed by atoms with Gasteiger partial charge in [0.2, 0.25) is 0 Å². The highest BCUT2D eigenvalue weighted by molar-refractivity contribution is 5.36. The smallest absolute Gasteiger partial charge is 0.293 e. The molecule has 11 heavy (non-hydrogen) atoms. The van der Waals surface area contributed by atoms with E-state index in [4.69, 9.17) is 0 Å². The van der Waals surface area contributed by atoms with Crippen molar-refractivity contribution in [3.8, 4) is 0 Å². The van der Waals surface area contributed by atoms with Gasteiger partial charge in [-0.15, -0.1) is 0 Å². The summed E-state index contributed by atoms with van der Waals surface area (Å²) in [4.78, 5) is 9.69. The van der Waals surface area contributed by atoms with Gasteiger partial charge in [-0.2, -0.15) is 0 Å². The number of hydrogen-bond acceptors (Lipinski definition) is 2. The average Bonchev–Trinajstić information content (AvgIpc) is 2.03. The monoisotopic (exact) mass is 156 g/mol. The van der Waals surface area contributed by atoms with E-state index in [-0.39, 0.29) is 0 Å². The predicted molar refractivity (Wildman–Crippen MR) is 45.3 cm³/mol. The van der Waals surface area contributed by atoms with Crippen LogP contribution in [0.4, 0.5) is 0 Å². The van der Waals surface area contributed by atoms with Crippen LogP contribution in [0.1, 0.15) is 32.6 Å². The van der Waals surface area contributed by atoms with E-state index < -0.39 is 0 Å². The number of unbranched alkanes of at least 4 members (excludes halogenated alkanes) is 2. The standard InChI is InChI=1S/C9H16O2/c1-2-3-4-5-6-7-8-11-9-10/h5-6,9H,2-4,7-8H2,1H3. The van der Waals surface area contributed by atoms with Crippen molar-refractivity contribution in [1.82, 2.24) is 0 Å². The highest BCUT2D eigenvalue weighted by atomic mass is 16.5. The van der Waals surface area contributed by atoms with Crippen molar-refractivity contribution in [3.63, 3.8) is 0 Å². The molecular formula is C9H16O2. The lowest BCUT2D eigenvalue weighted by atomic mass is 10.2. The maximum Gasteiger partial charge on any atom is 0.293 e. The van der Waals surface area contributed by atoms with E-state index in [9.17, 15) is 4.79 Å². The molecule has 0 amide bonds. The lowest BCUT2D eigenvalue weighted by molar-refractivity contribution is -0.128. The minimum Gasteiger partial charge on any atom is -0.468 e. The summed E-state index contributed by atoms with van der Waals surface area (Å²) < 4.78 is 4.51. The summed E-state index contributed by atoms with van der Waals surface area (Å²) in [5.74, 6) is 0. The Morgan fingerprint density at radius 1 is 1.27 bits per heavy atom. The molecule has 0 saturated carbocycles.